The Morgan fingerprint density at radius 1 is 1.09 bits per heavy atom. The Morgan fingerprint density at radius 3 is 2.61 bits per heavy atom. The van der Waals surface area contributed by atoms with Crippen LogP contribution in [0, 0.1) is 10.1 Å². The number of carbonyl (C=O) groups is 1. The second-order valence-electron chi connectivity index (χ2n) is 6.89. The van der Waals surface area contributed by atoms with Crippen molar-refractivity contribution in [2.24, 2.45) is 5.10 Å². The molecule has 1 aromatic heterocycles. The minimum absolute atomic E-state index is 0.0138. The number of hydrogen-bond acceptors (Lipinski definition) is 6. The molecule has 0 aliphatic heterocycles. The minimum Gasteiger partial charge on any atom is -0.488 e. The normalized spacial score (nSPS) is 11.1. The van der Waals surface area contributed by atoms with Gasteiger partial charge >= 0.3 is 0 Å². The Labute approximate surface area is 209 Å². The molecule has 4 rings (SSSR count). The summed E-state index contributed by atoms with van der Waals surface area (Å²) < 4.78 is 8.42. The van der Waals surface area contributed by atoms with Crippen molar-refractivity contribution in [2.45, 2.75) is 6.61 Å². The molecule has 166 valence electrons. The number of benzene rings is 3. The van der Waals surface area contributed by atoms with Crippen molar-refractivity contribution in [3.8, 4) is 5.75 Å². The zero-order valence-electron chi connectivity index (χ0n) is 16.8. The van der Waals surface area contributed by atoms with E-state index in [1.54, 1.807) is 12.1 Å². The Bertz CT molecular complexity index is 1370. The number of thiophene rings is 1. The molecule has 1 N–H and O–H groups in total. The number of hydrogen-bond donors (Lipinski definition) is 1. The van der Waals surface area contributed by atoms with Crippen LogP contribution in [0.1, 0.15) is 20.8 Å². The van der Waals surface area contributed by atoms with Crippen LogP contribution in [0.15, 0.2) is 80.8 Å². The highest BCUT2D eigenvalue weighted by Gasteiger charge is 2.13. The molecule has 0 bridgehead atoms. The van der Waals surface area contributed by atoms with Gasteiger partial charge in [-0.05, 0) is 69.5 Å². The van der Waals surface area contributed by atoms with E-state index in [-0.39, 0.29) is 11.6 Å². The van der Waals surface area contributed by atoms with Gasteiger partial charge in [-0.3, -0.25) is 14.9 Å². The van der Waals surface area contributed by atoms with Crippen molar-refractivity contribution in [3.63, 3.8) is 0 Å². The number of non-ortho nitro benzene ring substituents is 1. The van der Waals surface area contributed by atoms with Crippen molar-refractivity contribution in [2.75, 3.05) is 0 Å². The van der Waals surface area contributed by atoms with Gasteiger partial charge in [0.25, 0.3) is 11.6 Å². The highest BCUT2D eigenvalue weighted by Crippen LogP contribution is 2.29. The van der Waals surface area contributed by atoms with Gasteiger partial charge in [0.05, 0.1) is 20.5 Å². The molecule has 10 heteroatoms. The summed E-state index contributed by atoms with van der Waals surface area (Å²) >= 11 is 8.15. The lowest BCUT2D eigenvalue weighted by Gasteiger charge is -2.09. The standard InChI is InChI=1S/C23H15Br2N3O4S/c24-17-4-1-14(2-5-17)13-32-20-7-3-15(9-19(20)25)12-26-27-23(29)22-11-16-10-18(28(30)31)6-8-21(16)33-22/h1-12H,13H2,(H,27,29)/b26-12-. The molecule has 0 atom stereocenters. The molecule has 0 fully saturated rings. The van der Waals surface area contributed by atoms with E-state index in [9.17, 15) is 14.9 Å². The molecular weight excluding hydrogens is 574 g/mol. The van der Waals surface area contributed by atoms with Crippen molar-refractivity contribution >= 4 is 71.1 Å². The van der Waals surface area contributed by atoms with Crippen molar-refractivity contribution in [1.29, 1.82) is 0 Å². The van der Waals surface area contributed by atoms with Crippen molar-refractivity contribution in [3.05, 3.63) is 102 Å². The van der Waals surface area contributed by atoms with E-state index in [1.165, 1.54) is 29.7 Å². The number of nitro benzene ring substituents is 1. The van der Waals surface area contributed by atoms with Gasteiger partial charge in [0, 0.05) is 26.7 Å². The van der Waals surface area contributed by atoms with Gasteiger partial charge in [-0.1, -0.05) is 28.1 Å². The molecule has 1 heterocycles. The highest BCUT2D eigenvalue weighted by atomic mass is 79.9. The second-order valence-corrected chi connectivity index (χ2v) is 9.75. The van der Waals surface area contributed by atoms with Crippen LogP contribution in [0.25, 0.3) is 10.1 Å². The molecule has 0 saturated carbocycles. The summed E-state index contributed by atoms with van der Waals surface area (Å²) in [6.07, 6.45) is 1.53. The van der Waals surface area contributed by atoms with E-state index in [2.05, 4.69) is 42.4 Å². The number of carbonyl (C=O) groups excluding carboxylic acids is 1. The zero-order chi connectivity index (χ0) is 23.4. The number of fused-ring (bicyclic) bond motifs is 1. The monoisotopic (exact) mass is 587 g/mol. The van der Waals surface area contributed by atoms with Crippen LogP contribution in [0.3, 0.4) is 0 Å². The molecule has 0 spiro atoms. The van der Waals surface area contributed by atoms with E-state index in [0.717, 1.165) is 24.8 Å². The maximum Gasteiger partial charge on any atom is 0.281 e. The fourth-order valence-electron chi connectivity index (χ4n) is 2.93. The Hall–Kier alpha value is -3.08. The van der Waals surface area contributed by atoms with Crippen LogP contribution in [0.2, 0.25) is 0 Å². The number of nitrogens with one attached hydrogen (secondary N) is 1. The second kappa shape index (κ2) is 10.2. The summed E-state index contributed by atoms with van der Waals surface area (Å²) in [5, 5.41) is 15.6. The van der Waals surface area contributed by atoms with Gasteiger partial charge in [-0.2, -0.15) is 5.10 Å². The molecule has 0 saturated heterocycles. The van der Waals surface area contributed by atoms with E-state index >= 15 is 0 Å². The third-order valence-corrected chi connectivity index (χ3v) is 6.84. The molecule has 4 aromatic rings. The Balaban J connectivity index is 1.37. The average Bonchev–Trinajstić information content (AvgIpc) is 3.23. The van der Waals surface area contributed by atoms with Crippen molar-refractivity contribution in [1.82, 2.24) is 5.43 Å². The molecule has 0 aliphatic rings. The fourth-order valence-corrected chi connectivity index (χ4v) is 4.64. The molecule has 0 aliphatic carbocycles. The van der Waals surface area contributed by atoms with Gasteiger partial charge in [0.2, 0.25) is 0 Å². The number of ether oxygens (including phenoxy) is 1. The molecule has 7 nitrogen and oxygen atoms in total. The van der Waals surface area contributed by atoms with Gasteiger partial charge in [0.1, 0.15) is 12.4 Å². The number of nitro groups is 1. The molecule has 0 radical (unpaired) electrons. The summed E-state index contributed by atoms with van der Waals surface area (Å²) in [7, 11) is 0. The Morgan fingerprint density at radius 2 is 1.88 bits per heavy atom. The van der Waals surface area contributed by atoms with Crippen LogP contribution >= 0.6 is 43.2 Å². The van der Waals surface area contributed by atoms with Gasteiger partial charge < -0.3 is 4.74 Å². The first-order valence-corrected chi connectivity index (χ1v) is 12.0. The molecule has 3 aromatic carbocycles. The smallest absolute Gasteiger partial charge is 0.281 e. The van der Waals surface area contributed by atoms with Crippen LogP contribution < -0.4 is 10.2 Å². The molecule has 33 heavy (non-hydrogen) atoms. The fraction of sp³-hybridized carbons (Fsp3) is 0.0435. The topological polar surface area (TPSA) is 93.8 Å². The number of amides is 1. The van der Waals surface area contributed by atoms with Crippen LogP contribution in [0.4, 0.5) is 5.69 Å². The predicted octanol–water partition coefficient (Wildman–Crippen LogP) is 6.68. The van der Waals surface area contributed by atoms with Crippen molar-refractivity contribution < 1.29 is 14.5 Å². The minimum atomic E-state index is -0.462. The van der Waals surface area contributed by atoms with Gasteiger partial charge in [0.15, 0.2) is 0 Å². The number of rotatable bonds is 7. The highest BCUT2D eigenvalue weighted by molar-refractivity contribution is 9.10. The SMILES string of the molecule is O=C(N/N=C\c1ccc(OCc2ccc(Br)cc2)c(Br)c1)c1cc2cc([N+](=O)[O-])ccc2s1. The molecule has 1 amide bonds. The third kappa shape index (κ3) is 5.84. The summed E-state index contributed by atoms with van der Waals surface area (Å²) in [5.41, 5.74) is 4.29. The van der Waals surface area contributed by atoms with Crippen LogP contribution in [-0.2, 0) is 6.61 Å². The summed E-state index contributed by atoms with van der Waals surface area (Å²) in [4.78, 5) is 23.3. The largest absolute Gasteiger partial charge is 0.488 e. The first-order valence-electron chi connectivity index (χ1n) is 9.57. The lowest BCUT2D eigenvalue weighted by Crippen LogP contribution is -2.16. The maximum absolute atomic E-state index is 12.4. The lowest BCUT2D eigenvalue weighted by atomic mass is 10.2. The summed E-state index contributed by atoms with van der Waals surface area (Å²) in [6, 6.07) is 19.5. The number of halogens is 2. The van der Waals surface area contributed by atoms with Gasteiger partial charge in [-0.15, -0.1) is 11.3 Å². The Kier molecular flexibility index (Phi) is 7.17. The van der Waals surface area contributed by atoms with Crippen LogP contribution in [-0.4, -0.2) is 17.0 Å². The van der Waals surface area contributed by atoms with Crippen LogP contribution in [0.5, 0.6) is 5.75 Å². The van der Waals surface area contributed by atoms with E-state index in [4.69, 9.17) is 4.74 Å². The van der Waals surface area contributed by atoms with E-state index in [1.807, 2.05) is 42.5 Å². The first kappa shape index (κ1) is 23.1. The molecular formula is C23H15Br2N3O4S. The third-order valence-electron chi connectivity index (χ3n) is 4.58. The first-order chi connectivity index (χ1) is 15.9. The van der Waals surface area contributed by atoms with E-state index < -0.39 is 4.92 Å². The molecule has 0 unspecified atom stereocenters. The number of hydrazone groups is 1. The van der Waals surface area contributed by atoms with E-state index in [0.29, 0.717) is 22.6 Å². The maximum atomic E-state index is 12.4. The summed E-state index contributed by atoms with van der Waals surface area (Å²) in [5.74, 6) is 0.307. The quantitative estimate of drug-likeness (QED) is 0.148. The number of nitrogens with zero attached hydrogens (tertiary/aromatic N) is 2. The summed E-state index contributed by atoms with van der Waals surface area (Å²) in [6.45, 7) is 0.438. The van der Waals surface area contributed by atoms with Gasteiger partial charge in [-0.25, -0.2) is 5.43 Å². The predicted molar refractivity (Wildman–Crippen MR) is 136 cm³/mol. The lowest BCUT2D eigenvalue weighted by molar-refractivity contribution is -0.384. The zero-order valence-corrected chi connectivity index (χ0v) is 20.8. The average molecular weight is 589 g/mol.